The SMILES string of the molecule is CCC(C)C(C)NS(=O)(=O)c1cc(CNC)cs1. The van der Waals surface area contributed by atoms with Crippen molar-refractivity contribution in [3.05, 3.63) is 17.0 Å². The van der Waals surface area contributed by atoms with Gasteiger partial charge in [0, 0.05) is 12.6 Å². The Morgan fingerprint density at radius 1 is 1.39 bits per heavy atom. The minimum Gasteiger partial charge on any atom is -0.316 e. The van der Waals surface area contributed by atoms with Crippen molar-refractivity contribution >= 4 is 21.4 Å². The van der Waals surface area contributed by atoms with Gasteiger partial charge in [0.25, 0.3) is 0 Å². The molecule has 1 heterocycles. The lowest BCUT2D eigenvalue weighted by Gasteiger charge is -2.19. The minimum atomic E-state index is -3.37. The number of hydrogen-bond acceptors (Lipinski definition) is 4. The molecule has 18 heavy (non-hydrogen) atoms. The van der Waals surface area contributed by atoms with Crippen LogP contribution < -0.4 is 10.0 Å². The lowest BCUT2D eigenvalue weighted by molar-refractivity contribution is 0.434. The van der Waals surface area contributed by atoms with Crippen molar-refractivity contribution in [3.63, 3.8) is 0 Å². The van der Waals surface area contributed by atoms with E-state index in [0.717, 1.165) is 12.0 Å². The molecule has 0 radical (unpaired) electrons. The number of sulfonamides is 1. The molecule has 0 bridgehead atoms. The Morgan fingerprint density at radius 3 is 2.61 bits per heavy atom. The molecule has 0 saturated carbocycles. The van der Waals surface area contributed by atoms with Gasteiger partial charge in [0.2, 0.25) is 10.0 Å². The van der Waals surface area contributed by atoms with E-state index < -0.39 is 10.0 Å². The van der Waals surface area contributed by atoms with Crippen molar-refractivity contribution in [2.24, 2.45) is 5.92 Å². The zero-order valence-electron chi connectivity index (χ0n) is 11.4. The standard InChI is InChI=1S/C12H22N2O2S2/c1-5-9(2)10(3)14-18(15,16)12-6-11(7-13-4)8-17-12/h6,8-10,13-14H,5,7H2,1-4H3. The molecular formula is C12H22N2O2S2. The van der Waals surface area contributed by atoms with Crippen LogP contribution in [-0.4, -0.2) is 21.5 Å². The maximum absolute atomic E-state index is 12.2. The molecule has 0 fully saturated rings. The minimum absolute atomic E-state index is 0.0464. The van der Waals surface area contributed by atoms with E-state index in [9.17, 15) is 8.42 Å². The van der Waals surface area contributed by atoms with Gasteiger partial charge in [0.15, 0.2) is 0 Å². The molecule has 0 aliphatic carbocycles. The normalized spacial score (nSPS) is 15.6. The van der Waals surface area contributed by atoms with Crippen molar-refractivity contribution in [2.45, 2.75) is 44.0 Å². The maximum Gasteiger partial charge on any atom is 0.250 e. The van der Waals surface area contributed by atoms with Crippen LogP contribution in [0.3, 0.4) is 0 Å². The fourth-order valence-corrected chi connectivity index (χ4v) is 4.14. The molecule has 0 amide bonds. The van der Waals surface area contributed by atoms with Gasteiger partial charge < -0.3 is 5.32 Å². The van der Waals surface area contributed by atoms with E-state index in [0.29, 0.717) is 16.7 Å². The predicted molar refractivity (Wildman–Crippen MR) is 76.3 cm³/mol. The molecule has 0 aromatic carbocycles. The van der Waals surface area contributed by atoms with Gasteiger partial charge in [-0.1, -0.05) is 20.3 Å². The first kappa shape index (κ1) is 15.6. The van der Waals surface area contributed by atoms with Gasteiger partial charge >= 0.3 is 0 Å². The zero-order chi connectivity index (χ0) is 13.8. The number of rotatable bonds is 7. The van der Waals surface area contributed by atoms with E-state index >= 15 is 0 Å². The molecule has 2 unspecified atom stereocenters. The van der Waals surface area contributed by atoms with Gasteiger partial charge in [-0.25, -0.2) is 13.1 Å². The number of hydrogen-bond donors (Lipinski definition) is 2. The zero-order valence-corrected chi connectivity index (χ0v) is 13.0. The van der Waals surface area contributed by atoms with Crippen molar-refractivity contribution in [1.29, 1.82) is 0 Å². The Kier molecular flexibility index (Phi) is 5.78. The van der Waals surface area contributed by atoms with Crippen molar-refractivity contribution in [3.8, 4) is 0 Å². The largest absolute Gasteiger partial charge is 0.316 e. The van der Waals surface area contributed by atoms with E-state index in [1.54, 1.807) is 6.07 Å². The fraction of sp³-hybridized carbons (Fsp3) is 0.667. The second kappa shape index (κ2) is 6.65. The van der Waals surface area contributed by atoms with Crippen LogP contribution in [0.5, 0.6) is 0 Å². The van der Waals surface area contributed by atoms with Crippen LogP contribution in [0, 0.1) is 5.92 Å². The lowest BCUT2D eigenvalue weighted by Crippen LogP contribution is -2.36. The molecule has 0 aliphatic heterocycles. The maximum atomic E-state index is 12.2. The molecule has 104 valence electrons. The Bertz CT molecular complexity index is 468. The summed E-state index contributed by atoms with van der Waals surface area (Å²) in [6.45, 7) is 6.71. The summed E-state index contributed by atoms with van der Waals surface area (Å²) in [5.41, 5.74) is 0.999. The van der Waals surface area contributed by atoms with Gasteiger partial charge in [0.05, 0.1) is 0 Å². The highest BCUT2D eigenvalue weighted by molar-refractivity contribution is 7.91. The van der Waals surface area contributed by atoms with Crippen molar-refractivity contribution in [1.82, 2.24) is 10.0 Å². The first-order valence-corrected chi connectivity index (χ1v) is 8.51. The highest BCUT2D eigenvalue weighted by atomic mass is 32.2. The Balaban J connectivity index is 2.79. The second-order valence-corrected chi connectivity index (χ2v) is 7.45. The monoisotopic (exact) mass is 290 g/mol. The summed E-state index contributed by atoms with van der Waals surface area (Å²) >= 11 is 1.27. The third-order valence-corrected chi connectivity index (χ3v) is 6.16. The fourth-order valence-electron chi connectivity index (χ4n) is 1.56. The van der Waals surface area contributed by atoms with Gasteiger partial charge in [-0.2, -0.15) is 0 Å². The molecule has 6 heteroatoms. The topological polar surface area (TPSA) is 58.2 Å². The molecule has 0 saturated heterocycles. The van der Waals surface area contributed by atoms with Crippen LogP contribution in [0.2, 0.25) is 0 Å². The molecule has 0 spiro atoms. The third-order valence-electron chi connectivity index (χ3n) is 3.11. The van der Waals surface area contributed by atoms with Crippen LogP contribution in [0.15, 0.2) is 15.7 Å². The summed E-state index contributed by atoms with van der Waals surface area (Å²) in [6.07, 6.45) is 0.957. The van der Waals surface area contributed by atoms with E-state index in [4.69, 9.17) is 0 Å². The summed E-state index contributed by atoms with van der Waals surface area (Å²) in [4.78, 5) is 0. The Morgan fingerprint density at radius 2 is 2.06 bits per heavy atom. The van der Waals surface area contributed by atoms with Gasteiger partial charge in [-0.3, -0.25) is 0 Å². The van der Waals surface area contributed by atoms with Crippen LogP contribution >= 0.6 is 11.3 Å². The number of nitrogens with one attached hydrogen (secondary N) is 2. The van der Waals surface area contributed by atoms with Crippen molar-refractivity contribution in [2.75, 3.05) is 7.05 Å². The van der Waals surface area contributed by atoms with Gasteiger partial charge in [-0.15, -0.1) is 11.3 Å². The smallest absolute Gasteiger partial charge is 0.250 e. The number of thiophene rings is 1. The summed E-state index contributed by atoms with van der Waals surface area (Å²) in [5, 5.41) is 4.88. The summed E-state index contributed by atoms with van der Waals surface area (Å²) in [6, 6.07) is 1.68. The lowest BCUT2D eigenvalue weighted by atomic mass is 10.0. The highest BCUT2D eigenvalue weighted by Crippen LogP contribution is 2.21. The summed E-state index contributed by atoms with van der Waals surface area (Å²) < 4.78 is 27.5. The first-order chi connectivity index (χ1) is 8.40. The van der Waals surface area contributed by atoms with Gasteiger partial charge in [0.1, 0.15) is 4.21 Å². The van der Waals surface area contributed by atoms with Crippen molar-refractivity contribution < 1.29 is 8.42 Å². The summed E-state index contributed by atoms with van der Waals surface area (Å²) in [7, 11) is -1.53. The van der Waals surface area contributed by atoms with Crippen LogP contribution in [0.4, 0.5) is 0 Å². The molecule has 2 atom stereocenters. The molecule has 1 aromatic heterocycles. The highest BCUT2D eigenvalue weighted by Gasteiger charge is 2.21. The van der Waals surface area contributed by atoms with Gasteiger partial charge in [-0.05, 0) is 36.9 Å². The third kappa shape index (κ3) is 4.05. The predicted octanol–water partition coefficient (Wildman–Crippen LogP) is 2.18. The average molecular weight is 290 g/mol. The first-order valence-electron chi connectivity index (χ1n) is 6.15. The molecular weight excluding hydrogens is 268 g/mol. The van der Waals surface area contributed by atoms with Crippen LogP contribution in [0.1, 0.15) is 32.8 Å². The van der Waals surface area contributed by atoms with Crippen LogP contribution in [-0.2, 0) is 16.6 Å². The van der Waals surface area contributed by atoms with E-state index in [-0.39, 0.29) is 6.04 Å². The molecule has 1 aromatic rings. The molecule has 2 N–H and O–H groups in total. The summed E-state index contributed by atoms with van der Waals surface area (Å²) in [5.74, 6) is 0.330. The van der Waals surface area contributed by atoms with Crippen LogP contribution in [0.25, 0.3) is 0 Å². The molecule has 0 aliphatic rings. The molecule has 1 rings (SSSR count). The van der Waals surface area contributed by atoms with E-state index in [1.807, 2.05) is 26.3 Å². The average Bonchev–Trinajstić information content (AvgIpc) is 2.77. The van der Waals surface area contributed by atoms with E-state index in [1.165, 1.54) is 11.3 Å². The van der Waals surface area contributed by atoms with E-state index in [2.05, 4.69) is 17.0 Å². The Labute approximate surface area is 114 Å². The Hall–Kier alpha value is -0.430. The second-order valence-electron chi connectivity index (χ2n) is 4.60. The quantitative estimate of drug-likeness (QED) is 0.809. The molecule has 4 nitrogen and oxygen atoms in total.